The third-order valence-corrected chi connectivity index (χ3v) is 4.86. The summed E-state index contributed by atoms with van der Waals surface area (Å²) in [5.41, 5.74) is 1.15. The maximum absolute atomic E-state index is 7.92. The number of rotatable bonds is 6. The Kier molecular flexibility index (Phi) is 7.41. The summed E-state index contributed by atoms with van der Waals surface area (Å²) in [6, 6.07) is 7.75. The molecule has 5 heteroatoms. The Morgan fingerprint density at radius 1 is 1.19 bits per heavy atom. The van der Waals surface area contributed by atoms with E-state index < -0.39 is 0 Å². The van der Waals surface area contributed by atoms with Gasteiger partial charge in [-0.3, -0.25) is 5.41 Å². The minimum atomic E-state index is 0.559. The molecule has 1 aromatic rings. The topological polar surface area (TPSA) is 39.1 Å². The second-order valence-electron chi connectivity index (χ2n) is 5.41. The van der Waals surface area contributed by atoms with Crippen LogP contribution in [-0.4, -0.2) is 35.5 Å². The second kappa shape index (κ2) is 9.34. The van der Waals surface area contributed by atoms with E-state index in [1.54, 1.807) is 11.8 Å². The fourth-order valence-corrected chi connectivity index (χ4v) is 3.26. The van der Waals surface area contributed by atoms with Crippen LogP contribution in [0.2, 0.25) is 5.02 Å². The van der Waals surface area contributed by atoms with Crippen molar-refractivity contribution in [2.45, 2.75) is 32.2 Å². The highest BCUT2D eigenvalue weighted by molar-refractivity contribution is 8.13. The molecule has 0 saturated carbocycles. The monoisotopic (exact) mass is 325 g/mol. The zero-order valence-electron chi connectivity index (χ0n) is 12.4. The Balaban J connectivity index is 1.54. The lowest BCUT2D eigenvalue weighted by Gasteiger charge is -2.26. The molecule has 1 aliphatic rings. The van der Waals surface area contributed by atoms with E-state index in [1.807, 2.05) is 24.3 Å². The Morgan fingerprint density at radius 3 is 2.62 bits per heavy atom. The SMILES string of the molecule is N=C(NCc1ccc(Cl)cc1)SCCCN1CCCCC1. The van der Waals surface area contributed by atoms with Crippen LogP contribution in [-0.2, 0) is 6.54 Å². The quantitative estimate of drug-likeness (QED) is 0.472. The normalized spacial score (nSPS) is 15.9. The molecule has 1 heterocycles. The molecule has 0 spiro atoms. The van der Waals surface area contributed by atoms with Gasteiger partial charge in [0.1, 0.15) is 0 Å². The number of likely N-dealkylation sites (tertiary alicyclic amines) is 1. The maximum atomic E-state index is 7.92. The van der Waals surface area contributed by atoms with E-state index in [0.29, 0.717) is 11.7 Å². The van der Waals surface area contributed by atoms with E-state index in [0.717, 1.165) is 22.8 Å². The van der Waals surface area contributed by atoms with Crippen molar-refractivity contribution < 1.29 is 0 Å². The molecule has 1 aliphatic heterocycles. The molecule has 0 amide bonds. The number of hydrogen-bond donors (Lipinski definition) is 2. The zero-order valence-corrected chi connectivity index (χ0v) is 14.0. The molecule has 0 bridgehead atoms. The van der Waals surface area contributed by atoms with Crippen LogP contribution in [0.5, 0.6) is 0 Å². The number of hydrogen-bond acceptors (Lipinski definition) is 3. The molecule has 2 rings (SSSR count). The van der Waals surface area contributed by atoms with Crippen LogP contribution in [0, 0.1) is 5.41 Å². The predicted octanol–water partition coefficient (Wildman–Crippen LogP) is 3.97. The summed E-state index contributed by atoms with van der Waals surface area (Å²) >= 11 is 7.46. The molecule has 2 N–H and O–H groups in total. The van der Waals surface area contributed by atoms with Gasteiger partial charge in [0.25, 0.3) is 0 Å². The number of nitrogens with zero attached hydrogens (tertiary/aromatic N) is 1. The highest BCUT2D eigenvalue weighted by Crippen LogP contribution is 2.12. The third kappa shape index (κ3) is 6.72. The van der Waals surface area contributed by atoms with E-state index in [-0.39, 0.29) is 0 Å². The van der Waals surface area contributed by atoms with E-state index in [2.05, 4.69) is 10.2 Å². The third-order valence-electron chi connectivity index (χ3n) is 3.68. The Labute approximate surface area is 136 Å². The fourth-order valence-electron chi connectivity index (χ4n) is 2.48. The van der Waals surface area contributed by atoms with Gasteiger partial charge in [0, 0.05) is 17.3 Å². The van der Waals surface area contributed by atoms with Crippen molar-refractivity contribution in [2.75, 3.05) is 25.4 Å². The summed E-state index contributed by atoms with van der Waals surface area (Å²) in [4.78, 5) is 2.55. The van der Waals surface area contributed by atoms with Crippen LogP contribution in [0.25, 0.3) is 0 Å². The van der Waals surface area contributed by atoms with Gasteiger partial charge in [-0.05, 0) is 56.6 Å². The molecule has 21 heavy (non-hydrogen) atoms. The molecule has 0 aromatic heterocycles. The van der Waals surface area contributed by atoms with Gasteiger partial charge in [-0.1, -0.05) is 41.9 Å². The highest BCUT2D eigenvalue weighted by Gasteiger charge is 2.09. The average Bonchev–Trinajstić information content (AvgIpc) is 2.52. The number of halogens is 1. The van der Waals surface area contributed by atoms with Gasteiger partial charge < -0.3 is 10.2 Å². The van der Waals surface area contributed by atoms with Crippen LogP contribution in [0.1, 0.15) is 31.2 Å². The fraction of sp³-hybridized carbons (Fsp3) is 0.562. The minimum Gasteiger partial charge on any atom is -0.361 e. The van der Waals surface area contributed by atoms with Gasteiger partial charge >= 0.3 is 0 Å². The first kappa shape index (κ1) is 16.7. The molecule has 0 aliphatic carbocycles. The Bertz CT molecular complexity index is 430. The number of thioether (sulfide) groups is 1. The summed E-state index contributed by atoms with van der Waals surface area (Å²) in [7, 11) is 0. The van der Waals surface area contributed by atoms with E-state index >= 15 is 0 Å². The lowest BCUT2D eigenvalue weighted by molar-refractivity contribution is 0.230. The van der Waals surface area contributed by atoms with E-state index in [9.17, 15) is 0 Å². The molecule has 0 atom stereocenters. The lowest BCUT2D eigenvalue weighted by atomic mass is 10.1. The first-order valence-corrected chi connectivity index (χ1v) is 9.02. The lowest BCUT2D eigenvalue weighted by Crippen LogP contribution is -2.31. The zero-order chi connectivity index (χ0) is 14.9. The summed E-state index contributed by atoms with van der Waals surface area (Å²) in [5.74, 6) is 1.02. The van der Waals surface area contributed by atoms with Crippen molar-refractivity contribution in [1.29, 1.82) is 5.41 Å². The van der Waals surface area contributed by atoms with Gasteiger partial charge in [0.05, 0.1) is 0 Å². The summed E-state index contributed by atoms with van der Waals surface area (Å²) in [5, 5.41) is 12.4. The van der Waals surface area contributed by atoms with Gasteiger partial charge in [-0.2, -0.15) is 0 Å². The summed E-state index contributed by atoms with van der Waals surface area (Å²) in [6.07, 6.45) is 5.26. The summed E-state index contributed by atoms with van der Waals surface area (Å²) < 4.78 is 0. The van der Waals surface area contributed by atoms with Crippen LogP contribution < -0.4 is 5.32 Å². The highest BCUT2D eigenvalue weighted by atomic mass is 35.5. The van der Waals surface area contributed by atoms with E-state index in [4.69, 9.17) is 17.0 Å². The molecule has 1 saturated heterocycles. The first-order valence-electron chi connectivity index (χ1n) is 7.66. The van der Waals surface area contributed by atoms with Crippen molar-refractivity contribution in [1.82, 2.24) is 10.2 Å². The molecule has 116 valence electrons. The van der Waals surface area contributed by atoms with Crippen molar-refractivity contribution in [3.63, 3.8) is 0 Å². The van der Waals surface area contributed by atoms with Crippen LogP contribution >= 0.6 is 23.4 Å². The molecule has 3 nitrogen and oxygen atoms in total. The Morgan fingerprint density at radius 2 is 1.90 bits per heavy atom. The van der Waals surface area contributed by atoms with Crippen LogP contribution in [0.15, 0.2) is 24.3 Å². The average molecular weight is 326 g/mol. The molecular weight excluding hydrogens is 302 g/mol. The van der Waals surface area contributed by atoms with Crippen LogP contribution in [0.3, 0.4) is 0 Å². The van der Waals surface area contributed by atoms with Gasteiger partial charge in [0.15, 0.2) is 5.17 Å². The van der Waals surface area contributed by atoms with Gasteiger partial charge in [-0.15, -0.1) is 0 Å². The van der Waals surface area contributed by atoms with Crippen molar-refractivity contribution in [2.24, 2.45) is 0 Å². The van der Waals surface area contributed by atoms with Crippen LogP contribution in [0.4, 0.5) is 0 Å². The van der Waals surface area contributed by atoms with Crippen molar-refractivity contribution >= 4 is 28.5 Å². The smallest absolute Gasteiger partial charge is 0.153 e. The maximum Gasteiger partial charge on any atom is 0.153 e. The molecule has 0 radical (unpaired) electrons. The van der Waals surface area contributed by atoms with Gasteiger partial charge in [0.2, 0.25) is 0 Å². The number of amidine groups is 1. The van der Waals surface area contributed by atoms with E-state index in [1.165, 1.54) is 38.9 Å². The largest absolute Gasteiger partial charge is 0.361 e. The van der Waals surface area contributed by atoms with Crippen molar-refractivity contribution in [3.05, 3.63) is 34.9 Å². The number of piperidine rings is 1. The predicted molar refractivity (Wildman–Crippen MR) is 93.4 cm³/mol. The standard InChI is InChI=1S/C16H24ClN3S/c17-15-7-5-14(6-8-15)13-19-16(18)21-12-4-11-20-9-2-1-3-10-20/h5-8H,1-4,9-13H2,(H2,18,19). The molecule has 0 unspecified atom stereocenters. The molecule has 1 fully saturated rings. The summed E-state index contributed by atoms with van der Waals surface area (Å²) in [6.45, 7) is 4.39. The second-order valence-corrected chi connectivity index (χ2v) is 6.96. The molecule has 1 aromatic carbocycles. The molecular formula is C16H24ClN3S. The Hall–Kier alpha value is -0.710. The number of benzene rings is 1. The number of nitrogens with one attached hydrogen (secondary N) is 2. The van der Waals surface area contributed by atoms with Gasteiger partial charge in [-0.25, -0.2) is 0 Å². The van der Waals surface area contributed by atoms with Crippen molar-refractivity contribution in [3.8, 4) is 0 Å². The first-order chi connectivity index (χ1) is 10.2. The minimum absolute atomic E-state index is 0.559.